The predicted octanol–water partition coefficient (Wildman–Crippen LogP) is 1.75. The number of nitrogens with zero attached hydrogens (tertiary/aromatic N) is 3. The van der Waals surface area contributed by atoms with E-state index in [2.05, 4.69) is 15.5 Å². The van der Waals surface area contributed by atoms with Crippen LogP contribution in [-0.4, -0.2) is 26.7 Å². The molecule has 0 bridgehead atoms. The molecule has 0 aliphatic heterocycles. The summed E-state index contributed by atoms with van der Waals surface area (Å²) < 4.78 is 1.70. The molecule has 1 aromatic carbocycles. The van der Waals surface area contributed by atoms with Gasteiger partial charge in [-0.3, -0.25) is 14.7 Å². The number of anilines is 1. The van der Waals surface area contributed by atoms with Gasteiger partial charge >= 0.3 is 0 Å². The Morgan fingerprint density at radius 2 is 2.10 bits per heavy atom. The van der Waals surface area contributed by atoms with Crippen molar-refractivity contribution in [1.82, 2.24) is 14.8 Å². The molecule has 1 aromatic heterocycles. The van der Waals surface area contributed by atoms with Crippen molar-refractivity contribution >= 4 is 24.3 Å². The first-order valence-corrected chi connectivity index (χ1v) is 6.24. The summed E-state index contributed by atoms with van der Waals surface area (Å²) in [4.78, 5) is 11.9. The Balaban J connectivity index is 0.00000200. The number of carbonyl (C=O) groups is 1. The topological polar surface area (TPSA) is 85.8 Å². The molecule has 2 aromatic rings. The molecular weight excluding hydrogens is 278 g/mol. The van der Waals surface area contributed by atoms with Crippen LogP contribution in [-0.2, 0) is 4.79 Å². The maximum atomic E-state index is 11.9. The van der Waals surface area contributed by atoms with Crippen LogP contribution in [0.1, 0.15) is 19.8 Å². The summed E-state index contributed by atoms with van der Waals surface area (Å²) in [7, 11) is 0. The van der Waals surface area contributed by atoms with Crippen LogP contribution >= 0.6 is 12.4 Å². The third kappa shape index (κ3) is 3.79. The Bertz CT molecular complexity index is 543. The van der Waals surface area contributed by atoms with Crippen molar-refractivity contribution in [2.75, 3.05) is 5.32 Å². The summed E-state index contributed by atoms with van der Waals surface area (Å²) >= 11 is 0. The number of hydrogen-bond acceptors (Lipinski definition) is 4. The number of halogens is 1. The third-order valence-electron chi connectivity index (χ3n) is 2.75. The lowest BCUT2D eigenvalue weighted by Gasteiger charge is -2.11. The van der Waals surface area contributed by atoms with Gasteiger partial charge in [0.1, 0.15) is 6.33 Å². The normalized spacial score (nSPS) is 11.5. The molecule has 0 fully saturated rings. The molecule has 1 unspecified atom stereocenters. The van der Waals surface area contributed by atoms with Crippen molar-refractivity contribution in [2.24, 2.45) is 5.73 Å². The van der Waals surface area contributed by atoms with Crippen molar-refractivity contribution < 1.29 is 4.79 Å². The number of hydrogen-bond donors (Lipinski definition) is 2. The highest BCUT2D eigenvalue weighted by Gasteiger charge is 2.15. The number of carbonyl (C=O) groups excluding carboxylic acids is 1. The molecule has 0 saturated carbocycles. The minimum atomic E-state index is -0.522. The minimum Gasteiger partial charge on any atom is -0.320 e. The third-order valence-corrected chi connectivity index (χ3v) is 2.75. The van der Waals surface area contributed by atoms with Crippen LogP contribution in [0.4, 0.5) is 5.95 Å². The first-order chi connectivity index (χ1) is 9.22. The highest BCUT2D eigenvalue weighted by molar-refractivity contribution is 5.93. The van der Waals surface area contributed by atoms with Crippen LogP contribution in [0.25, 0.3) is 5.69 Å². The average Bonchev–Trinajstić information content (AvgIpc) is 2.88. The summed E-state index contributed by atoms with van der Waals surface area (Å²) in [6.45, 7) is 1.99. The van der Waals surface area contributed by atoms with Crippen molar-refractivity contribution in [2.45, 2.75) is 25.8 Å². The van der Waals surface area contributed by atoms with Crippen molar-refractivity contribution in [3.05, 3.63) is 36.7 Å². The second-order valence-corrected chi connectivity index (χ2v) is 4.24. The van der Waals surface area contributed by atoms with Crippen LogP contribution in [0.3, 0.4) is 0 Å². The van der Waals surface area contributed by atoms with Crippen molar-refractivity contribution in [3.8, 4) is 5.69 Å². The number of nitrogens with one attached hydrogen (secondary N) is 1. The fourth-order valence-electron chi connectivity index (χ4n) is 1.74. The van der Waals surface area contributed by atoms with E-state index in [1.807, 2.05) is 37.3 Å². The first-order valence-electron chi connectivity index (χ1n) is 6.24. The van der Waals surface area contributed by atoms with E-state index in [-0.39, 0.29) is 18.3 Å². The Morgan fingerprint density at radius 1 is 1.40 bits per heavy atom. The van der Waals surface area contributed by atoms with E-state index in [0.29, 0.717) is 12.4 Å². The highest BCUT2D eigenvalue weighted by Crippen LogP contribution is 2.12. The fraction of sp³-hybridized carbons (Fsp3) is 0.308. The second-order valence-electron chi connectivity index (χ2n) is 4.24. The van der Waals surface area contributed by atoms with Gasteiger partial charge in [0.15, 0.2) is 0 Å². The Labute approximate surface area is 123 Å². The summed E-state index contributed by atoms with van der Waals surface area (Å²) in [6.07, 6.45) is 3.06. The number of rotatable bonds is 5. The molecule has 1 amide bonds. The van der Waals surface area contributed by atoms with E-state index in [9.17, 15) is 4.79 Å². The van der Waals surface area contributed by atoms with E-state index in [1.54, 1.807) is 10.9 Å². The van der Waals surface area contributed by atoms with E-state index in [1.165, 1.54) is 0 Å². The monoisotopic (exact) mass is 295 g/mol. The Kier molecular flexibility index (Phi) is 6.14. The van der Waals surface area contributed by atoms with Crippen LogP contribution in [0.2, 0.25) is 0 Å². The lowest BCUT2D eigenvalue weighted by Crippen LogP contribution is -2.36. The van der Waals surface area contributed by atoms with Gasteiger partial charge in [-0.2, -0.15) is 0 Å². The average molecular weight is 296 g/mol. The molecular formula is C13H18ClN5O. The maximum absolute atomic E-state index is 11.9. The molecule has 7 heteroatoms. The van der Waals surface area contributed by atoms with Gasteiger partial charge in [-0.05, 0) is 18.6 Å². The van der Waals surface area contributed by atoms with Gasteiger partial charge < -0.3 is 5.73 Å². The van der Waals surface area contributed by atoms with Gasteiger partial charge in [-0.1, -0.05) is 31.5 Å². The molecule has 0 spiro atoms. The standard InChI is InChI=1S/C13H17N5O.ClH/c1-2-6-11(14)12(19)16-13-17-15-9-18(13)10-7-4-3-5-8-10;/h3-5,7-9,11H,2,6,14H2,1H3,(H,16,17,19);1H. The molecule has 0 saturated heterocycles. The quantitative estimate of drug-likeness (QED) is 0.880. The number of nitrogens with two attached hydrogens (primary N) is 1. The van der Waals surface area contributed by atoms with Gasteiger partial charge in [0.05, 0.1) is 11.7 Å². The van der Waals surface area contributed by atoms with E-state index < -0.39 is 6.04 Å². The van der Waals surface area contributed by atoms with E-state index in [0.717, 1.165) is 12.1 Å². The van der Waals surface area contributed by atoms with Gasteiger partial charge in [-0.15, -0.1) is 22.6 Å². The molecule has 1 heterocycles. The Morgan fingerprint density at radius 3 is 2.75 bits per heavy atom. The second kappa shape index (κ2) is 7.62. The van der Waals surface area contributed by atoms with Gasteiger partial charge in [-0.25, -0.2) is 0 Å². The number of benzene rings is 1. The van der Waals surface area contributed by atoms with Crippen LogP contribution in [0.5, 0.6) is 0 Å². The minimum absolute atomic E-state index is 0. The molecule has 6 nitrogen and oxygen atoms in total. The number of aromatic nitrogens is 3. The molecule has 0 aliphatic rings. The molecule has 3 N–H and O–H groups in total. The highest BCUT2D eigenvalue weighted by atomic mass is 35.5. The molecule has 0 radical (unpaired) electrons. The van der Waals surface area contributed by atoms with E-state index in [4.69, 9.17) is 5.73 Å². The SMILES string of the molecule is CCCC(N)C(=O)Nc1nncn1-c1ccccc1.Cl. The van der Waals surface area contributed by atoms with Crippen LogP contribution in [0.15, 0.2) is 36.7 Å². The van der Waals surface area contributed by atoms with Crippen molar-refractivity contribution in [1.29, 1.82) is 0 Å². The first kappa shape index (κ1) is 16.1. The van der Waals surface area contributed by atoms with Gasteiger partial charge in [0, 0.05) is 0 Å². The zero-order valence-corrected chi connectivity index (χ0v) is 12.0. The summed E-state index contributed by atoms with van der Waals surface area (Å²) in [6, 6.07) is 9.03. The number of amides is 1. The molecule has 0 aliphatic carbocycles. The van der Waals surface area contributed by atoms with Crippen LogP contribution in [0, 0.1) is 0 Å². The zero-order chi connectivity index (χ0) is 13.7. The Hall–Kier alpha value is -1.92. The van der Waals surface area contributed by atoms with Crippen LogP contribution < -0.4 is 11.1 Å². The lowest BCUT2D eigenvalue weighted by atomic mass is 10.2. The van der Waals surface area contributed by atoms with Gasteiger partial charge in [0.25, 0.3) is 0 Å². The zero-order valence-electron chi connectivity index (χ0n) is 11.2. The molecule has 108 valence electrons. The molecule has 1 atom stereocenters. The molecule has 2 rings (SSSR count). The lowest BCUT2D eigenvalue weighted by molar-refractivity contribution is -0.117. The fourth-order valence-corrected chi connectivity index (χ4v) is 1.74. The smallest absolute Gasteiger partial charge is 0.243 e. The summed E-state index contributed by atoms with van der Waals surface area (Å²) in [5.41, 5.74) is 6.64. The van der Waals surface area contributed by atoms with Gasteiger partial charge in [0.2, 0.25) is 11.9 Å². The van der Waals surface area contributed by atoms with E-state index >= 15 is 0 Å². The van der Waals surface area contributed by atoms with Crippen molar-refractivity contribution in [3.63, 3.8) is 0 Å². The number of para-hydroxylation sites is 1. The predicted molar refractivity (Wildman–Crippen MR) is 80.1 cm³/mol. The maximum Gasteiger partial charge on any atom is 0.243 e. The molecule has 20 heavy (non-hydrogen) atoms. The summed E-state index contributed by atoms with van der Waals surface area (Å²) in [5, 5.41) is 10.4. The largest absolute Gasteiger partial charge is 0.320 e. The summed E-state index contributed by atoms with van der Waals surface area (Å²) in [5.74, 6) is 0.134.